The third-order valence-electron chi connectivity index (χ3n) is 6.18. The lowest BCUT2D eigenvalue weighted by Gasteiger charge is -2.39. The predicted molar refractivity (Wildman–Crippen MR) is 112 cm³/mol. The highest BCUT2D eigenvalue weighted by atomic mass is 16.7. The first-order valence-electron chi connectivity index (χ1n) is 10.4. The number of benzene rings is 2. The summed E-state index contributed by atoms with van der Waals surface area (Å²) in [5.74, 6) is 0.0722. The van der Waals surface area contributed by atoms with Gasteiger partial charge in [0.2, 0.25) is 0 Å². The number of nitrogens with zero attached hydrogens (tertiary/aromatic N) is 1. The lowest BCUT2D eigenvalue weighted by Crippen LogP contribution is -2.51. The van der Waals surface area contributed by atoms with Gasteiger partial charge in [0, 0.05) is 26.0 Å². The summed E-state index contributed by atoms with van der Waals surface area (Å²) < 4.78 is 17.0. The highest BCUT2D eigenvalue weighted by Gasteiger charge is 2.36. The Morgan fingerprint density at radius 2 is 1.69 bits per heavy atom. The first-order valence-corrected chi connectivity index (χ1v) is 10.4. The van der Waals surface area contributed by atoms with E-state index in [4.69, 9.17) is 14.2 Å². The Kier molecular flexibility index (Phi) is 5.88. The van der Waals surface area contributed by atoms with Crippen molar-refractivity contribution in [1.82, 2.24) is 4.90 Å². The molecule has 1 amide bonds. The zero-order valence-electron chi connectivity index (χ0n) is 17.3. The largest absolute Gasteiger partial charge is 0.448 e. The van der Waals surface area contributed by atoms with Crippen LogP contribution in [0.4, 0.5) is 4.79 Å². The van der Waals surface area contributed by atoms with Gasteiger partial charge in [-0.2, -0.15) is 0 Å². The maximum absolute atomic E-state index is 13.0. The number of fused-ring (bicyclic) bond motifs is 3. The van der Waals surface area contributed by atoms with Crippen molar-refractivity contribution in [3.8, 4) is 11.1 Å². The molecule has 0 bridgehead atoms. The number of hydrogen-bond acceptors (Lipinski definition) is 4. The van der Waals surface area contributed by atoms with Crippen LogP contribution in [0.5, 0.6) is 0 Å². The van der Waals surface area contributed by atoms with Crippen LogP contribution < -0.4 is 0 Å². The third kappa shape index (κ3) is 3.77. The monoisotopic (exact) mass is 395 g/mol. The molecule has 1 unspecified atom stereocenters. The van der Waals surface area contributed by atoms with E-state index in [1.54, 1.807) is 12.0 Å². The van der Waals surface area contributed by atoms with Crippen molar-refractivity contribution in [2.45, 2.75) is 51.0 Å². The van der Waals surface area contributed by atoms with Crippen LogP contribution in [0.15, 0.2) is 48.5 Å². The van der Waals surface area contributed by atoms with Crippen LogP contribution in [0, 0.1) is 0 Å². The highest BCUT2D eigenvalue weighted by molar-refractivity contribution is 5.79. The summed E-state index contributed by atoms with van der Waals surface area (Å²) in [6.45, 7) is 4.91. The molecular weight excluding hydrogens is 366 g/mol. The van der Waals surface area contributed by atoms with Crippen molar-refractivity contribution in [1.29, 1.82) is 0 Å². The van der Waals surface area contributed by atoms with Crippen molar-refractivity contribution < 1.29 is 19.0 Å². The second-order valence-electron chi connectivity index (χ2n) is 7.74. The maximum Gasteiger partial charge on any atom is 0.410 e. The molecule has 1 aliphatic heterocycles. The van der Waals surface area contributed by atoms with Crippen LogP contribution in [0.25, 0.3) is 11.1 Å². The molecule has 2 aromatic rings. The van der Waals surface area contributed by atoms with Crippen LogP contribution in [0.1, 0.15) is 43.7 Å². The van der Waals surface area contributed by atoms with Gasteiger partial charge in [-0.1, -0.05) is 48.5 Å². The first-order chi connectivity index (χ1) is 14.1. The van der Waals surface area contributed by atoms with Crippen molar-refractivity contribution in [3.63, 3.8) is 0 Å². The van der Waals surface area contributed by atoms with Crippen LogP contribution in [0.3, 0.4) is 0 Å². The van der Waals surface area contributed by atoms with E-state index in [1.165, 1.54) is 22.3 Å². The molecule has 1 aliphatic carbocycles. The predicted octanol–water partition coefficient (Wildman–Crippen LogP) is 4.80. The number of carbonyl (C=O) groups is 1. The summed E-state index contributed by atoms with van der Waals surface area (Å²) in [4.78, 5) is 14.8. The summed E-state index contributed by atoms with van der Waals surface area (Å²) in [5.41, 5.74) is 4.91. The Balaban J connectivity index is 1.46. The van der Waals surface area contributed by atoms with Crippen molar-refractivity contribution in [3.05, 3.63) is 59.7 Å². The summed E-state index contributed by atoms with van der Waals surface area (Å²) in [7, 11) is 1.65. The molecule has 2 aromatic carbocycles. The van der Waals surface area contributed by atoms with Gasteiger partial charge < -0.3 is 19.1 Å². The van der Waals surface area contributed by atoms with E-state index >= 15 is 0 Å². The molecule has 29 heavy (non-hydrogen) atoms. The van der Waals surface area contributed by atoms with Crippen molar-refractivity contribution >= 4 is 6.09 Å². The summed E-state index contributed by atoms with van der Waals surface area (Å²) in [5, 5.41) is 0. The van der Waals surface area contributed by atoms with Gasteiger partial charge in [-0.15, -0.1) is 0 Å². The second-order valence-corrected chi connectivity index (χ2v) is 7.74. The SMILES string of the molecule is CCN(C(=O)OCC1c2ccccc2-c2ccccc21)[C@@H]1CCC(OC)O[C@H]1C. The minimum absolute atomic E-state index is 0.00190. The number of carbonyl (C=O) groups excluding carboxylic acids is 1. The van der Waals surface area contributed by atoms with Gasteiger partial charge in [0.05, 0.1) is 12.1 Å². The summed E-state index contributed by atoms with van der Waals surface area (Å²) in [6, 6.07) is 16.8. The van der Waals surface area contributed by atoms with E-state index < -0.39 is 0 Å². The highest BCUT2D eigenvalue weighted by Crippen LogP contribution is 2.44. The van der Waals surface area contributed by atoms with E-state index in [0.717, 1.165) is 12.8 Å². The number of likely N-dealkylation sites (N-methyl/N-ethyl adjacent to an activating group) is 1. The zero-order valence-corrected chi connectivity index (χ0v) is 17.3. The molecule has 0 spiro atoms. The van der Waals surface area contributed by atoms with Crippen molar-refractivity contribution in [2.75, 3.05) is 20.3 Å². The van der Waals surface area contributed by atoms with Gasteiger partial charge in [0.1, 0.15) is 6.61 Å². The smallest absolute Gasteiger partial charge is 0.410 e. The van der Waals surface area contributed by atoms with Gasteiger partial charge in [-0.05, 0) is 42.5 Å². The maximum atomic E-state index is 13.0. The van der Waals surface area contributed by atoms with Gasteiger partial charge >= 0.3 is 6.09 Å². The normalized spacial score (nSPS) is 23.3. The van der Waals surface area contributed by atoms with E-state index in [-0.39, 0.29) is 30.4 Å². The van der Waals surface area contributed by atoms with Crippen LogP contribution >= 0.6 is 0 Å². The first kappa shape index (κ1) is 19.9. The molecular formula is C24H29NO4. The van der Waals surface area contributed by atoms with Gasteiger partial charge in [0.15, 0.2) is 6.29 Å². The molecule has 5 heteroatoms. The number of rotatable bonds is 5. The van der Waals surface area contributed by atoms with Crippen LogP contribution in [-0.2, 0) is 14.2 Å². The van der Waals surface area contributed by atoms with Gasteiger partial charge in [-0.3, -0.25) is 0 Å². The molecule has 0 aromatic heterocycles. The van der Waals surface area contributed by atoms with E-state index in [0.29, 0.717) is 13.2 Å². The fourth-order valence-corrected chi connectivity index (χ4v) is 4.70. The fraction of sp³-hybridized carbons (Fsp3) is 0.458. The van der Waals surface area contributed by atoms with Gasteiger partial charge in [0.25, 0.3) is 0 Å². The fourth-order valence-electron chi connectivity index (χ4n) is 4.70. The molecule has 2 aliphatic rings. The molecule has 1 fully saturated rings. The number of hydrogen-bond donors (Lipinski definition) is 0. The number of ether oxygens (including phenoxy) is 3. The Morgan fingerprint density at radius 3 is 2.24 bits per heavy atom. The average molecular weight is 395 g/mol. The molecule has 0 N–H and O–H groups in total. The zero-order chi connectivity index (χ0) is 20.4. The molecule has 0 saturated carbocycles. The summed E-state index contributed by atoms with van der Waals surface area (Å²) >= 11 is 0. The molecule has 4 rings (SSSR count). The third-order valence-corrected chi connectivity index (χ3v) is 6.18. The Labute approximate surface area is 172 Å². The van der Waals surface area contributed by atoms with Crippen LogP contribution in [-0.4, -0.2) is 49.7 Å². The minimum atomic E-state index is -0.273. The number of amides is 1. The number of methoxy groups -OCH3 is 1. The molecule has 154 valence electrons. The van der Waals surface area contributed by atoms with E-state index in [2.05, 4.69) is 36.4 Å². The molecule has 3 atom stereocenters. The quantitative estimate of drug-likeness (QED) is 0.730. The average Bonchev–Trinajstić information content (AvgIpc) is 3.07. The van der Waals surface area contributed by atoms with Crippen molar-refractivity contribution in [2.24, 2.45) is 0 Å². The standard InChI is InChI=1S/C24H29NO4/c1-4-25(22-13-14-23(27-3)29-16(22)2)24(26)28-15-21-19-11-7-5-9-17(19)18-10-6-8-12-20(18)21/h5-12,16,21-23H,4,13-15H2,1-3H3/t16-,22+,23?/m0/s1. The Hall–Kier alpha value is -2.37. The molecule has 1 saturated heterocycles. The minimum Gasteiger partial charge on any atom is -0.448 e. The van der Waals surface area contributed by atoms with Crippen LogP contribution in [0.2, 0.25) is 0 Å². The molecule has 5 nitrogen and oxygen atoms in total. The molecule has 1 heterocycles. The lowest BCUT2D eigenvalue weighted by molar-refractivity contribution is -0.193. The van der Waals surface area contributed by atoms with Gasteiger partial charge in [-0.25, -0.2) is 4.79 Å². The molecule has 0 radical (unpaired) electrons. The Bertz CT molecular complexity index is 822. The lowest BCUT2D eigenvalue weighted by atomic mass is 9.98. The van der Waals surface area contributed by atoms with E-state index in [1.807, 2.05) is 26.0 Å². The summed E-state index contributed by atoms with van der Waals surface area (Å²) in [6.07, 6.45) is 1.07. The second kappa shape index (κ2) is 8.56. The Morgan fingerprint density at radius 1 is 1.07 bits per heavy atom. The van der Waals surface area contributed by atoms with E-state index in [9.17, 15) is 4.79 Å². The topological polar surface area (TPSA) is 48.0 Å².